The summed E-state index contributed by atoms with van der Waals surface area (Å²) in [5.41, 5.74) is -0.567. The molecule has 2 aromatic heterocycles. The predicted molar refractivity (Wildman–Crippen MR) is 184 cm³/mol. The third-order valence-electron chi connectivity index (χ3n) is 8.01. The Bertz CT molecular complexity index is 2120. The van der Waals surface area contributed by atoms with Gasteiger partial charge in [-0.15, -0.1) is 0 Å². The molecule has 5 aromatic rings. The van der Waals surface area contributed by atoms with E-state index in [1.54, 1.807) is 82.4 Å². The van der Waals surface area contributed by atoms with E-state index in [4.69, 9.17) is 9.47 Å². The predicted octanol–water partition coefficient (Wildman–Crippen LogP) is 8.13. The lowest BCUT2D eigenvalue weighted by molar-refractivity contribution is -0.137. The minimum Gasteiger partial charge on any atom is -0.457 e. The van der Waals surface area contributed by atoms with Gasteiger partial charge in [0.15, 0.2) is 0 Å². The van der Waals surface area contributed by atoms with Gasteiger partial charge in [0.25, 0.3) is 5.91 Å². The van der Waals surface area contributed by atoms with Crippen molar-refractivity contribution >= 4 is 40.2 Å². The van der Waals surface area contributed by atoms with Gasteiger partial charge in [-0.25, -0.2) is 14.8 Å². The minimum atomic E-state index is -4.64. The van der Waals surface area contributed by atoms with Gasteiger partial charge in [-0.3, -0.25) is 14.5 Å². The van der Waals surface area contributed by atoms with E-state index in [0.29, 0.717) is 47.4 Å². The lowest BCUT2D eigenvalue weighted by Gasteiger charge is -2.27. The molecule has 6 rings (SSSR count). The number of aromatic nitrogens is 3. The van der Waals surface area contributed by atoms with E-state index < -0.39 is 41.3 Å². The Balaban J connectivity index is 1.17. The molecule has 1 aliphatic heterocycles. The SMILES string of the molecule is Cc1cn(-c2cc(NC(=O)c3cccc4cc(Oc5ccnc(NC(=O)C6CCCN6C(=O)OC(C)(C)C)c5)ccc34)cc(C(F)(F)F)c2)cn1. The molecule has 3 aromatic carbocycles. The van der Waals surface area contributed by atoms with Crippen LogP contribution in [0.2, 0.25) is 0 Å². The van der Waals surface area contributed by atoms with Gasteiger partial charge in [0.1, 0.15) is 29.0 Å². The summed E-state index contributed by atoms with van der Waals surface area (Å²) in [6.07, 6.45) is 0.436. The quantitative estimate of drug-likeness (QED) is 0.176. The van der Waals surface area contributed by atoms with E-state index in [2.05, 4.69) is 20.6 Å². The van der Waals surface area contributed by atoms with Crippen LogP contribution in [0.15, 0.2) is 85.5 Å². The Kier molecular flexibility index (Phi) is 9.43. The van der Waals surface area contributed by atoms with E-state index in [-0.39, 0.29) is 22.8 Å². The number of hydrogen-bond acceptors (Lipinski definition) is 7. The van der Waals surface area contributed by atoms with Crippen LogP contribution in [0.1, 0.15) is 55.2 Å². The Morgan fingerprint density at radius 1 is 0.922 bits per heavy atom. The van der Waals surface area contributed by atoms with Crippen molar-refractivity contribution in [2.24, 2.45) is 0 Å². The second-order valence-corrected chi connectivity index (χ2v) is 13.1. The highest BCUT2D eigenvalue weighted by Crippen LogP contribution is 2.34. The summed E-state index contributed by atoms with van der Waals surface area (Å²) >= 11 is 0. The van der Waals surface area contributed by atoms with E-state index in [9.17, 15) is 27.6 Å². The number of rotatable bonds is 7. The third kappa shape index (κ3) is 8.28. The average molecular weight is 701 g/mol. The Morgan fingerprint density at radius 3 is 2.43 bits per heavy atom. The first-order chi connectivity index (χ1) is 24.1. The van der Waals surface area contributed by atoms with Crippen molar-refractivity contribution in [3.8, 4) is 17.2 Å². The molecule has 1 saturated heterocycles. The number of anilines is 2. The highest BCUT2D eigenvalue weighted by atomic mass is 19.4. The van der Waals surface area contributed by atoms with E-state index >= 15 is 0 Å². The fourth-order valence-electron chi connectivity index (χ4n) is 5.75. The Labute approximate surface area is 291 Å². The lowest BCUT2D eigenvalue weighted by Crippen LogP contribution is -2.45. The Morgan fingerprint density at radius 2 is 1.71 bits per heavy atom. The van der Waals surface area contributed by atoms with Crippen LogP contribution in [-0.4, -0.2) is 55.5 Å². The highest BCUT2D eigenvalue weighted by molar-refractivity contribution is 6.13. The van der Waals surface area contributed by atoms with Crippen LogP contribution >= 0.6 is 0 Å². The van der Waals surface area contributed by atoms with Gasteiger partial charge in [-0.2, -0.15) is 13.2 Å². The zero-order valence-electron chi connectivity index (χ0n) is 28.2. The number of fused-ring (bicyclic) bond motifs is 1. The molecule has 1 aliphatic rings. The summed E-state index contributed by atoms with van der Waals surface area (Å²) < 4.78 is 54.3. The number of pyridine rings is 1. The number of hydrogen-bond donors (Lipinski definition) is 2. The number of aryl methyl sites for hydroxylation is 1. The maximum absolute atomic E-state index is 13.8. The number of carbonyl (C=O) groups excluding carboxylic acids is 3. The van der Waals surface area contributed by atoms with Crippen LogP contribution < -0.4 is 15.4 Å². The standard InChI is InChI=1S/C37H35F3N6O5/c1-22-20-45(21-42-22)26-17-24(37(38,39)40)16-25(18-26)43-33(47)30-8-5-7-23-15-27(10-11-29(23)30)50-28-12-13-41-32(19-28)44-34(48)31-9-6-14-46(31)35(49)51-36(2,3)4/h5,7-8,10-13,15-21,31H,6,9,14H2,1-4H3,(H,43,47)(H,41,44,48). The van der Waals surface area contributed by atoms with Gasteiger partial charge in [0.2, 0.25) is 5.91 Å². The van der Waals surface area contributed by atoms with Gasteiger partial charge in [0.05, 0.1) is 17.6 Å². The van der Waals surface area contributed by atoms with E-state index in [1.165, 1.54) is 28.1 Å². The molecular formula is C37H35F3N6O5. The first-order valence-corrected chi connectivity index (χ1v) is 16.1. The molecule has 0 radical (unpaired) electrons. The van der Waals surface area contributed by atoms with Crippen LogP contribution in [0.4, 0.5) is 29.5 Å². The summed E-state index contributed by atoms with van der Waals surface area (Å²) in [5.74, 6) is 0.0428. The smallest absolute Gasteiger partial charge is 0.416 e. The fourth-order valence-corrected chi connectivity index (χ4v) is 5.75. The molecule has 1 fully saturated rings. The number of benzene rings is 3. The molecule has 2 N–H and O–H groups in total. The molecule has 3 heterocycles. The van der Waals surface area contributed by atoms with Crippen LogP contribution in [0.25, 0.3) is 16.5 Å². The first-order valence-electron chi connectivity index (χ1n) is 16.1. The summed E-state index contributed by atoms with van der Waals surface area (Å²) in [6.45, 7) is 7.43. The topological polar surface area (TPSA) is 128 Å². The second kappa shape index (κ2) is 13.8. The molecule has 11 nitrogen and oxygen atoms in total. The summed E-state index contributed by atoms with van der Waals surface area (Å²) in [6, 6.07) is 15.9. The second-order valence-electron chi connectivity index (χ2n) is 13.1. The highest BCUT2D eigenvalue weighted by Gasteiger charge is 2.37. The number of carbonyl (C=O) groups is 3. The number of nitrogens with one attached hydrogen (secondary N) is 2. The fraction of sp³-hybridized carbons (Fsp3) is 0.270. The number of halogens is 3. The maximum Gasteiger partial charge on any atom is 0.416 e. The van der Waals surface area contributed by atoms with Gasteiger partial charge in [0, 0.05) is 41.9 Å². The number of imidazole rings is 1. The third-order valence-corrected chi connectivity index (χ3v) is 8.01. The van der Waals surface area contributed by atoms with E-state index in [0.717, 1.165) is 12.1 Å². The van der Waals surface area contributed by atoms with Gasteiger partial charge < -0.3 is 24.7 Å². The number of amides is 3. The zero-order valence-corrected chi connectivity index (χ0v) is 28.2. The van der Waals surface area contributed by atoms with Crippen molar-refractivity contribution in [2.75, 3.05) is 17.2 Å². The van der Waals surface area contributed by atoms with Crippen molar-refractivity contribution in [2.45, 2.75) is 58.4 Å². The van der Waals surface area contributed by atoms with Crippen LogP contribution in [-0.2, 0) is 15.7 Å². The summed E-state index contributed by atoms with van der Waals surface area (Å²) in [7, 11) is 0. The molecule has 0 spiro atoms. The van der Waals surface area contributed by atoms with Crippen molar-refractivity contribution in [3.05, 3.63) is 102 Å². The normalized spacial score (nSPS) is 14.7. The molecule has 0 saturated carbocycles. The zero-order chi connectivity index (χ0) is 36.5. The molecule has 1 atom stereocenters. The lowest BCUT2D eigenvalue weighted by atomic mass is 10.0. The molecule has 0 bridgehead atoms. The molecular weight excluding hydrogens is 665 g/mol. The molecule has 51 heavy (non-hydrogen) atoms. The van der Waals surface area contributed by atoms with Crippen LogP contribution in [0, 0.1) is 6.92 Å². The van der Waals surface area contributed by atoms with Crippen molar-refractivity contribution in [3.63, 3.8) is 0 Å². The number of ether oxygens (including phenoxy) is 2. The molecule has 264 valence electrons. The number of nitrogens with zero attached hydrogens (tertiary/aromatic N) is 4. The average Bonchev–Trinajstić information content (AvgIpc) is 3.73. The van der Waals surface area contributed by atoms with Crippen LogP contribution in [0.5, 0.6) is 11.5 Å². The monoisotopic (exact) mass is 700 g/mol. The van der Waals surface area contributed by atoms with Crippen molar-refractivity contribution < 1.29 is 37.0 Å². The van der Waals surface area contributed by atoms with E-state index in [1.807, 2.05) is 0 Å². The van der Waals surface area contributed by atoms with Crippen molar-refractivity contribution in [1.29, 1.82) is 0 Å². The molecule has 14 heteroatoms. The first kappa shape index (κ1) is 34.9. The maximum atomic E-state index is 13.8. The summed E-state index contributed by atoms with van der Waals surface area (Å²) in [5, 5.41) is 6.58. The van der Waals surface area contributed by atoms with Gasteiger partial charge in [-0.05, 0) is 99.8 Å². The number of likely N-dealkylation sites (tertiary alicyclic amines) is 1. The number of alkyl halides is 3. The van der Waals surface area contributed by atoms with Gasteiger partial charge >= 0.3 is 12.3 Å². The van der Waals surface area contributed by atoms with Crippen molar-refractivity contribution in [1.82, 2.24) is 19.4 Å². The molecule has 0 aliphatic carbocycles. The Hall–Kier alpha value is -5.92. The largest absolute Gasteiger partial charge is 0.457 e. The molecule has 1 unspecified atom stereocenters. The summed E-state index contributed by atoms with van der Waals surface area (Å²) in [4.78, 5) is 49.0. The molecule has 3 amide bonds. The van der Waals surface area contributed by atoms with Gasteiger partial charge in [-0.1, -0.05) is 12.1 Å². The van der Waals surface area contributed by atoms with Crippen LogP contribution in [0.3, 0.4) is 0 Å². The minimum absolute atomic E-state index is 0.0285.